The van der Waals surface area contributed by atoms with Gasteiger partial charge in [0.15, 0.2) is 5.69 Å². The van der Waals surface area contributed by atoms with E-state index in [0.717, 1.165) is 11.1 Å². The van der Waals surface area contributed by atoms with Gasteiger partial charge in [0.25, 0.3) is 0 Å². The number of imide groups is 1. The van der Waals surface area contributed by atoms with Gasteiger partial charge in [0.2, 0.25) is 6.54 Å². The van der Waals surface area contributed by atoms with Crippen LogP contribution >= 0.6 is 0 Å². The molecule has 0 saturated heterocycles. The Morgan fingerprint density at radius 1 is 1.09 bits per heavy atom. The molecule has 0 saturated carbocycles. The van der Waals surface area contributed by atoms with Crippen molar-refractivity contribution in [2.75, 3.05) is 6.54 Å². The summed E-state index contributed by atoms with van der Waals surface area (Å²) in [7, 11) is 0. The molecule has 5 nitrogen and oxygen atoms in total. The minimum absolute atomic E-state index is 0.235. The molecule has 1 aliphatic heterocycles. The zero-order valence-electron chi connectivity index (χ0n) is 12.8. The second kappa shape index (κ2) is 5.78. The van der Waals surface area contributed by atoms with Crippen LogP contribution in [-0.4, -0.2) is 24.2 Å². The first-order valence-corrected chi connectivity index (χ1v) is 7.40. The number of benzene rings is 2. The van der Waals surface area contributed by atoms with Crippen LogP contribution in [0.1, 0.15) is 18.1 Å². The molecule has 2 aromatic carbocycles. The fraction of sp³-hybridized carbons (Fsp3) is 0.111. The van der Waals surface area contributed by atoms with Gasteiger partial charge in [0, 0.05) is 11.6 Å². The summed E-state index contributed by atoms with van der Waals surface area (Å²) in [6.07, 6.45) is 0. The Morgan fingerprint density at radius 3 is 2.39 bits per heavy atom. The number of primary amides is 1. The molecule has 0 spiro atoms. The molecule has 3 rings (SSSR count). The van der Waals surface area contributed by atoms with E-state index in [4.69, 9.17) is 5.73 Å². The number of carbonyl (C=O) groups is 2. The summed E-state index contributed by atoms with van der Waals surface area (Å²) < 4.78 is -0.560. The smallest absolute Gasteiger partial charge is 0.318 e. The second-order valence-corrected chi connectivity index (χ2v) is 5.29. The quantitative estimate of drug-likeness (QED) is 0.866. The summed E-state index contributed by atoms with van der Waals surface area (Å²) in [6.45, 7) is 3.21. The number of hydrogen-bond donors (Lipinski definition) is 1. The molecule has 0 bridgehead atoms. The number of nitrogens with two attached hydrogens (primary N) is 1. The summed E-state index contributed by atoms with van der Waals surface area (Å²) >= 11 is 0. The number of quaternary nitrogens is 1. The summed E-state index contributed by atoms with van der Waals surface area (Å²) in [4.78, 5) is 29.2. The highest BCUT2D eigenvalue weighted by Crippen LogP contribution is 2.33. The first-order chi connectivity index (χ1) is 11.1. The molecule has 1 heterocycles. The highest BCUT2D eigenvalue weighted by atomic mass is 16.2. The zero-order chi connectivity index (χ0) is 16.4. The molecule has 5 heteroatoms. The lowest BCUT2D eigenvalue weighted by atomic mass is 9.99. The normalized spacial score (nSPS) is 20.4. The van der Waals surface area contributed by atoms with Crippen molar-refractivity contribution in [3.05, 3.63) is 72.3 Å². The van der Waals surface area contributed by atoms with E-state index in [2.05, 4.69) is 4.99 Å². The first kappa shape index (κ1) is 15.1. The number of benzodiazepines with no additional fused rings is 1. The zero-order valence-corrected chi connectivity index (χ0v) is 12.8. The Balaban J connectivity index is 2.30. The Kier molecular flexibility index (Phi) is 3.80. The summed E-state index contributed by atoms with van der Waals surface area (Å²) in [5.41, 5.74) is 8.45. The standard InChI is InChI=1S/C18H16N3O2/c1-2-21(18(19)23)15-11-7-6-10-14(15)17(20-12-16(21)22)13-8-4-3-5-9-13/h3-12H,2H2,1H3,(H-,19,23)/p+1. The minimum atomic E-state index is -0.703. The number of carbonyl (C=O) groups excluding carboxylic acids is 2. The van der Waals surface area contributed by atoms with Gasteiger partial charge >= 0.3 is 11.9 Å². The SMILES string of the molecule is CC[N+]1(C(N)=O)C(=O)[CH]N=C(c2ccccc2)c2ccccc21. The highest BCUT2D eigenvalue weighted by molar-refractivity contribution is 6.23. The summed E-state index contributed by atoms with van der Waals surface area (Å²) in [5.74, 6) is -0.432. The lowest BCUT2D eigenvalue weighted by Crippen LogP contribution is -2.61. The lowest BCUT2D eigenvalue weighted by molar-refractivity contribution is -0.123. The molecule has 23 heavy (non-hydrogen) atoms. The molecule has 1 radical (unpaired) electrons. The van der Waals surface area contributed by atoms with Gasteiger partial charge in [0.05, 0.1) is 17.8 Å². The maximum atomic E-state index is 12.7. The van der Waals surface area contributed by atoms with Crippen molar-refractivity contribution in [1.82, 2.24) is 4.48 Å². The Hall–Kier alpha value is -2.79. The molecule has 2 aromatic rings. The van der Waals surface area contributed by atoms with Gasteiger partial charge in [-0.15, -0.1) is 4.48 Å². The number of rotatable bonds is 2. The van der Waals surface area contributed by atoms with Crippen molar-refractivity contribution in [3.63, 3.8) is 0 Å². The van der Waals surface area contributed by atoms with Crippen LogP contribution in [0.4, 0.5) is 10.5 Å². The van der Waals surface area contributed by atoms with Crippen LogP contribution in [0.3, 0.4) is 0 Å². The number of likely N-dealkylation sites (N-methyl/N-ethyl adjacent to an activating group) is 1. The van der Waals surface area contributed by atoms with Gasteiger partial charge in [0.1, 0.15) is 0 Å². The number of nitrogens with zero attached hydrogens (tertiary/aromatic N) is 2. The average molecular weight is 307 g/mol. The number of amides is 3. The van der Waals surface area contributed by atoms with Gasteiger partial charge in [-0.1, -0.05) is 42.5 Å². The number of para-hydroxylation sites is 1. The summed E-state index contributed by atoms with van der Waals surface area (Å²) in [6, 6.07) is 16.1. The highest BCUT2D eigenvalue weighted by Gasteiger charge is 2.47. The van der Waals surface area contributed by atoms with E-state index >= 15 is 0 Å². The van der Waals surface area contributed by atoms with Crippen LogP contribution in [-0.2, 0) is 4.79 Å². The van der Waals surface area contributed by atoms with Crippen molar-refractivity contribution in [3.8, 4) is 0 Å². The van der Waals surface area contributed by atoms with Crippen LogP contribution in [0.25, 0.3) is 0 Å². The lowest BCUT2D eigenvalue weighted by Gasteiger charge is -2.29. The molecule has 0 fully saturated rings. The van der Waals surface area contributed by atoms with Crippen LogP contribution in [0.5, 0.6) is 0 Å². The van der Waals surface area contributed by atoms with Crippen molar-refractivity contribution >= 4 is 23.3 Å². The summed E-state index contributed by atoms with van der Waals surface area (Å²) in [5, 5.41) is 0. The third kappa shape index (κ3) is 2.26. The maximum Gasteiger partial charge on any atom is 0.426 e. The molecule has 3 amide bonds. The molecule has 2 N–H and O–H groups in total. The average Bonchev–Trinajstić information content (AvgIpc) is 2.70. The number of fused-ring (bicyclic) bond motifs is 1. The third-order valence-corrected chi connectivity index (χ3v) is 4.15. The maximum absolute atomic E-state index is 12.7. The molecule has 1 aliphatic rings. The number of hydrogen-bond acceptors (Lipinski definition) is 3. The van der Waals surface area contributed by atoms with E-state index in [0.29, 0.717) is 11.4 Å². The largest absolute Gasteiger partial charge is 0.426 e. The Morgan fingerprint density at radius 2 is 1.74 bits per heavy atom. The number of aliphatic imine (C=N–C) groups is 1. The van der Waals surface area contributed by atoms with Crippen molar-refractivity contribution in [2.24, 2.45) is 10.7 Å². The van der Waals surface area contributed by atoms with E-state index in [1.54, 1.807) is 19.1 Å². The van der Waals surface area contributed by atoms with Gasteiger partial charge < -0.3 is 5.73 Å². The second-order valence-electron chi connectivity index (χ2n) is 5.29. The van der Waals surface area contributed by atoms with Crippen LogP contribution in [0, 0.1) is 6.54 Å². The van der Waals surface area contributed by atoms with Gasteiger partial charge in [-0.05, 0) is 13.0 Å². The molecule has 1 atom stereocenters. The van der Waals surface area contributed by atoms with Gasteiger partial charge in [-0.25, -0.2) is 9.59 Å². The molecule has 0 aromatic heterocycles. The molecule has 1 unspecified atom stereocenters. The van der Waals surface area contributed by atoms with E-state index in [1.165, 1.54) is 6.54 Å². The molecule has 115 valence electrons. The fourth-order valence-electron chi connectivity index (χ4n) is 2.95. The number of urea groups is 1. The fourth-order valence-corrected chi connectivity index (χ4v) is 2.95. The topological polar surface area (TPSA) is 72.5 Å². The van der Waals surface area contributed by atoms with E-state index < -0.39 is 16.4 Å². The van der Waals surface area contributed by atoms with Crippen molar-refractivity contribution in [2.45, 2.75) is 6.92 Å². The Bertz CT molecular complexity index is 799. The van der Waals surface area contributed by atoms with Gasteiger partial charge in [-0.2, -0.15) is 0 Å². The predicted octanol–water partition coefficient (Wildman–Crippen LogP) is 2.63. The van der Waals surface area contributed by atoms with Crippen molar-refractivity contribution in [1.29, 1.82) is 0 Å². The van der Waals surface area contributed by atoms with Crippen LogP contribution in [0.15, 0.2) is 59.6 Å². The van der Waals surface area contributed by atoms with E-state index in [9.17, 15) is 9.59 Å². The predicted molar refractivity (Wildman–Crippen MR) is 89.7 cm³/mol. The van der Waals surface area contributed by atoms with Gasteiger partial charge in [-0.3, -0.25) is 4.99 Å². The molecular formula is C18H17N3O2+. The minimum Gasteiger partial charge on any atom is -0.318 e. The van der Waals surface area contributed by atoms with E-state index in [1.807, 2.05) is 42.5 Å². The van der Waals surface area contributed by atoms with Crippen LogP contribution in [0.2, 0.25) is 0 Å². The Labute approximate surface area is 134 Å². The van der Waals surface area contributed by atoms with E-state index in [-0.39, 0.29) is 6.54 Å². The molecule has 0 aliphatic carbocycles. The van der Waals surface area contributed by atoms with Crippen LogP contribution < -0.4 is 10.2 Å². The third-order valence-electron chi connectivity index (χ3n) is 4.15. The first-order valence-electron chi connectivity index (χ1n) is 7.40. The monoisotopic (exact) mass is 307 g/mol. The molecular weight excluding hydrogens is 290 g/mol. The van der Waals surface area contributed by atoms with Crippen molar-refractivity contribution < 1.29 is 9.59 Å².